The first-order valence-corrected chi connectivity index (χ1v) is 14.4. The van der Waals surface area contributed by atoms with Crippen LogP contribution in [0, 0.1) is 11.8 Å². The summed E-state index contributed by atoms with van der Waals surface area (Å²) in [5.41, 5.74) is 0.814. The van der Waals surface area contributed by atoms with E-state index in [0.717, 1.165) is 12.8 Å². The molecule has 0 aliphatic carbocycles. The van der Waals surface area contributed by atoms with Crippen LogP contribution in [0.5, 0.6) is 5.75 Å². The number of nitrogens with zero attached hydrogens (tertiary/aromatic N) is 5. The number of hydrogen-bond acceptors (Lipinski definition) is 8. The third kappa shape index (κ3) is 8.67. The number of aromatic nitrogens is 3. The molecule has 12 nitrogen and oxygen atoms in total. The third-order valence-corrected chi connectivity index (χ3v) is 6.97. The molecule has 2 heterocycles. The van der Waals surface area contributed by atoms with Gasteiger partial charge in [-0.25, -0.2) is 9.48 Å². The van der Waals surface area contributed by atoms with E-state index >= 15 is 0 Å². The van der Waals surface area contributed by atoms with Crippen LogP contribution >= 0.6 is 0 Å². The van der Waals surface area contributed by atoms with Crippen LogP contribution < -0.4 is 4.74 Å². The largest absolute Gasteiger partial charge is 0.497 e. The van der Waals surface area contributed by atoms with Crippen LogP contribution in [0.1, 0.15) is 70.1 Å². The van der Waals surface area contributed by atoms with Gasteiger partial charge in [0, 0.05) is 39.4 Å². The molecular formula is C30H45N5O7. The summed E-state index contributed by atoms with van der Waals surface area (Å²) < 4.78 is 17.8. The summed E-state index contributed by atoms with van der Waals surface area (Å²) in [6, 6.07) is 6.81. The number of rotatable bonds is 12. The quantitative estimate of drug-likeness (QED) is 0.365. The zero-order valence-electron chi connectivity index (χ0n) is 25.8. The maximum atomic E-state index is 14.3. The molecule has 232 valence electrons. The molecule has 1 aliphatic rings. The number of carboxylic acid groups (broad SMARTS) is 1. The number of ether oxygens (including phenoxy) is 3. The van der Waals surface area contributed by atoms with Crippen molar-refractivity contribution in [1.82, 2.24) is 24.8 Å². The van der Waals surface area contributed by atoms with Gasteiger partial charge >= 0.3 is 12.1 Å². The van der Waals surface area contributed by atoms with E-state index < -0.39 is 29.6 Å². The molecule has 1 fully saturated rings. The summed E-state index contributed by atoms with van der Waals surface area (Å²) in [4.78, 5) is 42.5. The van der Waals surface area contributed by atoms with Crippen LogP contribution in [-0.4, -0.2) is 100.0 Å². The topological polar surface area (TPSA) is 136 Å². The standard InChI is InChI=1S/C30H45N5O7/c1-20(2)17-34(23-15-21(28(37)38)18-33(19-23)29(39)42-30(3,4)5)27(36)26-25(13-8-9-14-40-6)35(32-31-26)22-11-10-12-24(16-22)41-7/h10-12,16,20-21,23H,8-9,13-15,17-19H2,1-7H3,(H,37,38)/t21-,23+/m1/s1. The van der Waals surface area contributed by atoms with Gasteiger partial charge in [-0.15, -0.1) is 5.10 Å². The van der Waals surface area contributed by atoms with Gasteiger partial charge in [0.05, 0.1) is 30.5 Å². The first-order chi connectivity index (χ1) is 19.8. The number of unbranched alkanes of at least 4 members (excludes halogenated alkanes) is 1. The predicted molar refractivity (Wildman–Crippen MR) is 156 cm³/mol. The van der Waals surface area contributed by atoms with E-state index in [4.69, 9.17) is 14.2 Å². The van der Waals surface area contributed by atoms with Gasteiger partial charge in [-0.2, -0.15) is 0 Å². The molecule has 0 saturated carbocycles. The summed E-state index contributed by atoms with van der Waals surface area (Å²) in [7, 11) is 3.23. The number of methoxy groups -OCH3 is 2. The first-order valence-electron chi connectivity index (χ1n) is 14.4. The van der Waals surface area contributed by atoms with Crippen LogP contribution in [0.3, 0.4) is 0 Å². The van der Waals surface area contributed by atoms with E-state index in [1.54, 1.807) is 44.6 Å². The van der Waals surface area contributed by atoms with Crippen molar-refractivity contribution in [2.45, 2.75) is 71.9 Å². The number of piperidine rings is 1. The molecule has 1 aromatic carbocycles. The highest BCUT2D eigenvalue weighted by Gasteiger charge is 2.40. The minimum Gasteiger partial charge on any atom is -0.497 e. The van der Waals surface area contributed by atoms with Gasteiger partial charge < -0.3 is 29.1 Å². The number of hydrogen-bond donors (Lipinski definition) is 1. The lowest BCUT2D eigenvalue weighted by molar-refractivity contribution is -0.144. The Morgan fingerprint density at radius 1 is 1.14 bits per heavy atom. The normalized spacial score (nSPS) is 17.3. The lowest BCUT2D eigenvalue weighted by Crippen LogP contribution is -2.56. The molecule has 12 heteroatoms. The molecular weight excluding hydrogens is 542 g/mol. The van der Waals surface area contributed by atoms with Gasteiger partial charge in [0.1, 0.15) is 11.4 Å². The average Bonchev–Trinajstić information content (AvgIpc) is 3.36. The summed E-state index contributed by atoms with van der Waals surface area (Å²) in [6.45, 7) is 10.4. The van der Waals surface area contributed by atoms with Crippen molar-refractivity contribution in [3.63, 3.8) is 0 Å². The predicted octanol–water partition coefficient (Wildman–Crippen LogP) is 4.05. The molecule has 0 bridgehead atoms. The maximum Gasteiger partial charge on any atom is 0.410 e. The molecule has 3 rings (SSSR count). The Bertz CT molecular complexity index is 1220. The Morgan fingerprint density at radius 2 is 1.88 bits per heavy atom. The SMILES string of the molecule is COCCCCc1c(C(=O)N(CC(C)C)[C@H]2C[C@@H](C(=O)O)CN(C(=O)OC(C)(C)C)C2)nnn1-c1cccc(OC)c1. The number of amides is 2. The highest BCUT2D eigenvalue weighted by atomic mass is 16.6. The molecule has 0 unspecified atom stereocenters. The van der Waals surface area contributed by atoms with E-state index in [1.807, 2.05) is 38.1 Å². The summed E-state index contributed by atoms with van der Waals surface area (Å²) in [5.74, 6) is -1.49. The maximum absolute atomic E-state index is 14.3. The van der Waals surface area contributed by atoms with Crippen molar-refractivity contribution in [3.05, 3.63) is 35.7 Å². The first kappa shape index (κ1) is 32.8. The molecule has 2 atom stereocenters. The minimum absolute atomic E-state index is 0.0151. The zero-order valence-corrected chi connectivity index (χ0v) is 25.8. The lowest BCUT2D eigenvalue weighted by atomic mass is 9.92. The lowest BCUT2D eigenvalue weighted by Gasteiger charge is -2.42. The van der Waals surface area contributed by atoms with Gasteiger partial charge in [0.25, 0.3) is 5.91 Å². The highest BCUT2D eigenvalue weighted by molar-refractivity contribution is 5.94. The monoisotopic (exact) mass is 587 g/mol. The zero-order chi connectivity index (χ0) is 31.0. The van der Waals surface area contributed by atoms with Gasteiger partial charge in [-0.1, -0.05) is 25.1 Å². The fourth-order valence-corrected chi connectivity index (χ4v) is 5.06. The van der Waals surface area contributed by atoms with Crippen LogP contribution in [0.2, 0.25) is 0 Å². The second kappa shape index (κ2) is 14.5. The van der Waals surface area contributed by atoms with Gasteiger partial charge in [0.2, 0.25) is 0 Å². The molecule has 1 saturated heterocycles. The average molecular weight is 588 g/mol. The molecule has 1 aromatic heterocycles. The Balaban J connectivity index is 2.01. The van der Waals surface area contributed by atoms with E-state index in [1.165, 1.54) is 4.90 Å². The second-order valence-electron chi connectivity index (χ2n) is 12.1. The highest BCUT2D eigenvalue weighted by Crippen LogP contribution is 2.27. The van der Waals surface area contributed by atoms with Crippen molar-refractivity contribution < 1.29 is 33.7 Å². The van der Waals surface area contributed by atoms with E-state index in [0.29, 0.717) is 36.7 Å². The number of carbonyl (C=O) groups excluding carboxylic acids is 2. The smallest absolute Gasteiger partial charge is 0.410 e. The van der Waals surface area contributed by atoms with E-state index in [-0.39, 0.29) is 37.0 Å². The van der Waals surface area contributed by atoms with Crippen molar-refractivity contribution in [2.75, 3.05) is 40.5 Å². The summed E-state index contributed by atoms with van der Waals surface area (Å²) >= 11 is 0. The molecule has 2 aromatic rings. The van der Waals surface area contributed by atoms with Crippen molar-refractivity contribution in [1.29, 1.82) is 0 Å². The fourth-order valence-electron chi connectivity index (χ4n) is 5.06. The number of benzene rings is 1. The molecule has 2 amide bonds. The fraction of sp³-hybridized carbons (Fsp3) is 0.633. The van der Waals surface area contributed by atoms with Gasteiger partial charge in [0.15, 0.2) is 5.69 Å². The Labute approximate surface area is 247 Å². The number of likely N-dealkylation sites (tertiary alicyclic amines) is 1. The number of carboxylic acids is 1. The van der Waals surface area contributed by atoms with Crippen LogP contribution in [-0.2, 0) is 20.7 Å². The van der Waals surface area contributed by atoms with Crippen molar-refractivity contribution in [3.8, 4) is 11.4 Å². The number of carbonyl (C=O) groups is 3. The molecule has 1 N–H and O–H groups in total. The Morgan fingerprint density at radius 3 is 2.50 bits per heavy atom. The van der Waals surface area contributed by atoms with Gasteiger partial charge in [-0.3, -0.25) is 9.59 Å². The summed E-state index contributed by atoms with van der Waals surface area (Å²) in [5, 5.41) is 18.7. The van der Waals surface area contributed by atoms with E-state index in [2.05, 4.69) is 10.3 Å². The van der Waals surface area contributed by atoms with Crippen LogP contribution in [0.25, 0.3) is 5.69 Å². The Hall–Kier alpha value is -3.67. The summed E-state index contributed by atoms with van der Waals surface area (Å²) in [6.07, 6.45) is 1.67. The van der Waals surface area contributed by atoms with Crippen LogP contribution in [0.4, 0.5) is 4.79 Å². The van der Waals surface area contributed by atoms with Crippen molar-refractivity contribution >= 4 is 18.0 Å². The van der Waals surface area contributed by atoms with Crippen LogP contribution in [0.15, 0.2) is 24.3 Å². The molecule has 1 aliphatic heterocycles. The van der Waals surface area contributed by atoms with E-state index in [9.17, 15) is 19.5 Å². The molecule has 0 spiro atoms. The molecule has 42 heavy (non-hydrogen) atoms. The minimum atomic E-state index is -1.02. The Kier molecular flexibility index (Phi) is 11.3. The van der Waals surface area contributed by atoms with Gasteiger partial charge in [-0.05, 0) is 64.5 Å². The number of aliphatic carboxylic acids is 1. The second-order valence-corrected chi connectivity index (χ2v) is 12.1. The molecule has 0 radical (unpaired) electrons. The third-order valence-electron chi connectivity index (χ3n) is 6.97. The van der Waals surface area contributed by atoms with Crippen molar-refractivity contribution in [2.24, 2.45) is 11.8 Å².